The standard InChI is InChI=1S/C19H20Cl2N2O/c20-14-1-2-16(15(21)6-14)23-18(24)7-17(22-23)19-8-11-3-12(9-19)5-13(4-11)10-19/h1-2,6,11-13H,3-5,7-10H2. The normalized spacial score (nSPS) is 37.2. The van der Waals surface area contributed by atoms with E-state index in [9.17, 15) is 4.79 Å². The number of amides is 1. The van der Waals surface area contributed by atoms with Gasteiger partial charge in [-0.1, -0.05) is 23.2 Å². The number of benzene rings is 1. The van der Waals surface area contributed by atoms with Crippen molar-refractivity contribution in [1.29, 1.82) is 0 Å². The SMILES string of the molecule is O=C1CC(C23CC4CC(CC(C4)C2)C3)=NN1c1ccc(Cl)cc1Cl. The fourth-order valence-electron chi connectivity index (χ4n) is 6.03. The minimum absolute atomic E-state index is 0.0324. The molecule has 0 unspecified atom stereocenters. The molecule has 3 nitrogen and oxygen atoms in total. The van der Waals surface area contributed by atoms with Crippen molar-refractivity contribution in [3.63, 3.8) is 0 Å². The highest BCUT2D eigenvalue weighted by Crippen LogP contribution is 2.61. The van der Waals surface area contributed by atoms with Crippen LogP contribution in [0.3, 0.4) is 0 Å². The Morgan fingerprint density at radius 1 is 1.04 bits per heavy atom. The molecule has 5 aliphatic rings. The lowest BCUT2D eigenvalue weighted by Gasteiger charge is -2.56. The lowest BCUT2D eigenvalue weighted by atomic mass is 9.48. The molecule has 5 heteroatoms. The zero-order valence-electron chi connectivity index (χ0n) is 13.5. The smallest absolute Gasteiger partial charge is 0.253 e. The molecule has 4 fully saturated rings. The third kappa shape index (κ3) is 2.24. The van der Waals surface area contributed by atoms with Crippen LogP contribution in [0.4, 0.5) is 5.69 Å². The number of rotatable bonds is 2. The lowest BCUT2D eigenvalue weighted by molar-refractivity contribution is -0.117. The Morgan fingerprint density at radius 2 is 1.67 bits per heavy atom. The summed E-state index contributed by atoms with van der Waals surface area (Å²) in [6.45, 7) is 0. The van der Waals surface area contributed by atoms with Crippen LogP contribution >= 0.6 is 23.2 Å². The largest absolute Gasteiger partial charge is 0.272 e. The maximum Gasteiger partial charge on any atom is 0.253 e. The van der Waals surface area contributed by atoms with Crippen LogP contribution in [0.5, 0.6) is 0 Å². The Kier molecular flexibility index (Phi) is 3.31. The van der Waals surface area contributed by atoms with Gasteiger partial charge < -0.3 is 0 Å². The summed E-state index contributed by atoms with van der Waals surface area (Å²) in [5.74, 6) is 2.58. The summed E-state index contributed by atoms with van der Waals surface area (Å²) in [7, 11) is 0. The Hall–Kier alpha value is -1.06. The summed E-state index contributed by atoms with van der Waals surface area (Å²) in [5.41, 5.74) is 1.93. The number of carbonyl (C=O) groups is 1. The van der Waals surface area contributed by atoms with E-state index in [-0.39, 0.29) is 11.3 Å². The topological polar surface area (TPSA) is 32.7 Å². The molecular formula is C19H20Cl2N2O. The summed E-state index contributed by atoms with van der Waals surface area (Å²) < 4.78 is 0. The van der Waals surface area contributed by atoms with Gasteiger partial charge in [0.15, 0.2) is 0 Å². The van der Waals surface area contributed by atoms with E-state index in [2.05, 4.69) is 0 Å². The fourth-order valence-corrected chi connectivity index (χ4v) is 6.52. The maximum atomic E-state index is 12.6. The molecule has 6 rings (SSSR count). The molecule has 1 aromatic carbocycles. The number of hydrogen-bond donors (Lipinski definition) is 0. The highest BCUT2D eigenvalue weighted by Gasteiger charge is 2.54. The van der Waals surface area contributed by atoms with E-state index in [0.29, 0.717) is 22.2 Å². The predicted octanol–water partition coefficient (Wildman–Crippen LogP) is 5.30. The fraction of sp³-hybridized carbons (Fsp3) is 0.579. The third-order valence-electron chi connectivity index (χ3n) is 6.56. The van der Waals surface area contributed by atoms with Crippen LogP contribution in [0, 0.1) is 23.2 Å². The van der Waals surface area contributed by atoms with Gasteiger partial charge >= 0.3 is 0 Å². The van der Waals surface area contributed by atoms with Crippen molar-refractivity contribution in [3.8, 4) is 0 Å². The molecule has 0 N–H and O–H groups in total. The van der Waals surface area contributed by atoms with Gasteiger partial charge in [0.05, 0.1) is 22.8 Å². The molecule has 0 aromatic heterocycles. The Balaban J connectivity index is 1.50. The molecule has 4 saturated carbocycles. The van der Waals surface area contributed by atoms with E-state index in [1.165, 1.54) is 43.5 Å². The van der Waals surface area contributed by atoms with Crippen molar-refractivity contribution >= 4 is 40.5 Å². The number of carbonyl (C=O) groups excluding carboxylic acids is 1. The molecule has 1 aromatic rings. The number of halogens is 2. The van der Waals surface area contributed by atoms with Gasteiger partial charge in [-0.25, -0.2) is 0 Å². The van der Waals surface area contributed by atoms with Gasteiger partial charge in [0.25, 0.3) is 5.91 Å². The zero-order valence-corrected chi connectivity index (χ0v) is 15.0. The van der Waals surface area contributed by atoms with Gasteiger partial charge in [-0.2, -0.15) is 10.1 Å². The second-order valence-corrected chi connectivity index (χ2v) is 9.07. The number of anilines is 1. The first-order valence-electron chi connectivity index (χ1n) is 8.88. The summed E-state index contributed by atoms with van der Waals surface area (Å²) in [4.78, 5) is 12.6. The second-order valence-electron chi connectivity index (χ2n) is 8.22. The Morgan fingerprint density at radius 3 is 2.25 bits per heavy atom. The number of hydrogen-bond acceptors (Lipinski definition) is 2. The molecule has 1 amide bonds. The molecule has 0 atom stereocenters. The van der Waals surface area contributed by atoms with Gasteiger partial charge in [-0.05, 0) is 74.5 Å². The first kappa shape index (κ1) is 15.2. The zero-order chi connectivity index (χ0) is 16.5. The molecule has 1 aliphatic heterocycles. The Labute approximate surface area is 152 Å². The summed E-state index contributed by atoms with van der Waals surface area (Å²) >= 11 is 12.3. The second kappa shape index (κ2) is 5.22. The minimum Gasteiger partial charge on any atom is -0.272 e. The van der Waals surface area contributed by atoms with Crippen LogP contribution in [0.25, 0.3) is 0 Å². The van der Waals surface area contributed by atoms with Crippen LogP contribution in [0.2, 0.25) is 10.0 Å². The molecule has 4 bridgehead atoms. The van der Waals surface area contributed by atoms with E-state index in [0.717, 1.165) is 23.5 Å². The molecular weight excluding hydrogens is 343 g/mol. The lowest BCUT2D eigenvalue weighted by Crippen LogP contribution is -2.49. The summed E-state index contributed by atoms with van der Waals surface area (Å²) in [6.07, 6.45) is 8.33. The molecule has 4 aliphatic carbocycles. The summed E-state index contributed by atoms with van der Waals surface area (Å²) in [6, 6.07) is 5.22. The highest BCUT2D eigenvalue weighted by atomic mass is 35.5. The first-order valence-corrected chi connectivity index (χ1v) is 9.64. The van der Waals surface area contributed by atoms with Crippen molar-refractivity contribution in [3.05, 3.63) is 28.2 Å². The van der Waals surface area contributed by atoms with Gasteiger partial charge in [0, 0.05) is 10.4 Å². The van der Waals surface area contributed by atoms with Crippen molar-refractivity contribution in [1.82, 2.24) is 0 Å². The average molecular weight is 363 g/mol. The van der Waals surface area contributed by atoms with Crippen LogP contribution < -0.4 is 5.01 Å². The van der Waals surface area contributed by atoms with Gasteiger partial charge in [-0.3, -0.25) is 4.79 Å². The van der Waals surface area contributed by atoms with Crippen LogP contribution in [0.15, 0.2) is 23.3 Å². The van der Waals surface area contributed by atoms with Crippen molar-refractivity contribution < 1.29 is 4.79 Å². The van der Waals surface area contributed by atoms with Crippen LogP contribution in [0.1, 0.15) is 44.9 Å². The number of nitrogens with zero attached hydrogens (tertiary/aromatic N) is 2. The molecule has 0 radical (unpaired) electrons. The Bertz CT molecular complexity index is 722. The monoisotopic (exact) mass is 362 g/mol. The molecule has 24 heavy (non-hydrogen) atoms. The van der Waals surface area contributed by atoms with Gasteiger partial charge in [0.2, 0.25) is 0 Å². The van der Waals surface area contributed by atoms with Gasteiger partial charge in [-0.15, -0.1) is 0 Å². The minimum atomic E-state index is 0.0324. The van der Waals surface area contributed by atoms with Crippen molar-refractivity contribution in [2.24, 2.45) is 28.3 Å². The maximum absolute atomic E-state index is 12.6. The highest BCUT2D eigenvalue weighted by molar-refractivity contribution is 6.37. The predicted molar refractivity (Wildman–Crippen MR) is 96.6 cm³/mol. The average Bonchev–Trinajstić information content (AvgIpc) is 2.88. The van der Waals surface area contributed by atoms with E-state index in [4.69, 9.17) is 28.3 Å². The molecule has 1 heterocycles. The van der Waals surface area contributed by atoms with E-state index in [1.54, 1.807) is 18.2 Å². The van der Waals surface area contributed by atoms with E-state index >= 15 is 0 Å². The van der Waals surface area contributed by atoms with Crippen molar-refractivity contribution in [2.45, 2.75) is 44.9 Å². The van der Waals surface area contributed by atoms with Crippen molar-refractivity contribution in [2.75, 3.05) is 5.01 Å². The molecule has 126 valence electrons. The third-order valence-corrected chi connectivity index (χ3v) is 7.10. The number of hydrazone groups is 1. The van der Waals surface area contributed by atoms with E-state index < -0.39 is 0 Å². The molecule has 0 saturated heterocycles. The van der Waals surface area contributed by atoms with Gasteiger partial charge in [0.1, 0.15) is 0 Å². The first-order chi connectivity index (χ1) is 11.5. The van der Waals surface area contributed by atoms with Crippen LogP contribution in [-0.4, -0.2) is 11.6 Å². The quantitative estimate of drug-likeness (QED) is 0.702. The van der Waals surface area contributed by atoms with E-state index in [1.807, 2.05) is 0 Å². The summed E-state index contributed by atoms with van der Waals surface area (Å²) in [5, 5.41) is 7.35. The molecule has 0 spiro atoms. The van der Waals surface area contributed by atoms with Crippen LogP contribution in [-0.2, 0) is 4.79 Å².